The summed E-state index contributed by atoms with van der Waals surface area (Å²) in [4.78, 5) is 2.44. The Balaban J connectivity index is 1.01. The Bertz CT molecular complexity index is 3100. The largest absolute Gasteiger partial charge is 0.310 e. The van der Waals surface area contributed by atoms with Crippen molar-refractivity contribution < 1.29 is 0 Å². The first-order valence-corrected chi connectivity index (χ1v) is 21.1. The van der Waals surface area contributed by atoms with Crippen LogP contribution in [0.3, 0.4) is 0 Å². The quantitative estimate of drug-likeness (QED) is 0.156. The highest BCUT2D eigenvalue weighted by Gasteiger charge is 2.46. The van der Waals surface area contributed by atoms with Crippen molar-refractivity contribution in [1.29, 1.82) is 0 Å². The van der Waals surface area contributed by atoms with Crippen LogP contribution in [-0.2, 0) is 11.8 Å². The zero-order valence-corrected chi connectivity index (χ0v) is 33.2. The third kappa shape index (κ3) is 5.26. The topological polar surface area (TPSA) is 3.24 Å². The van der Waals surface area contributed by atoms with Gasteiger partial charge in [0.15, 0.2) is 0 Å². The molecule has 0 amide bonds. The van der Waals surface area contributed by atoms with Crippen molar-refractivity contribution in [2.24, 2.45) is 0 Å². The molecule has 9 aromatic rings. The van der Waals surface area contributed by atoms with Crippen LogP contribution in [0, 0.1) is 0 Å². The van der Waals surface area contributed by atoms with Crippen molar-refractivity contribution in [2.75, 3.05) is 4.90 Å². The summed E-state index contributed by atoms with van der Waals surface area (Å²) in [6.45, 7) is 0. The van der Waals surface area contributed by atoms with Crippen LogP contribution in [0.25, 0.3) is 44.7 Å². The highest BCUT2D eigenvalue weighted by Crippen LogP contribution is 2.57. The van der Waals surface area contributed by atoms with Crippen molar-refractivity contribution in [3.05, 3.63) is 269 Å². The fourth-order valence-electron chi connectivity index (χ4n) is 10.6. The fourth-order valence-corrected chi connectivity index (χ4v) is 10.6. The summed E-state index contributed by atoms with van der Waals surface area (Å²) in [5.74, 6) is 0.194. The summed E-state index contributed by atoms with van der Waals surface area (Å²) < 4.78 is 0. The van der Waals surface area contributed by atoms with Crippen LogP contribution in [0.4, 0.5) is 17.1 Å². The normalized spacial score (nSPS) is 15.3. The minimum absolute atomic E-state index is 0.194. The molecule has 60 heavy (non-hydrogen) atoms. The van der Waals surface area contributed by atoms with Gasteiger partial charge in [-0.25, -0.2) is 0 Å². The summed E-state index contributed by atoms with van der Waals surface area (Å²) in [6.07, 6.45) is 8.17. The first kappa shape index (κ1) is 34.6. The lowest BCUT2D eigenvalue weighted by molar-refractivity contribution is 0.768. The Kier molecular flexibility index (Phi) is 7.96. The maximum atomic E-state index is 2.47. The standard InChI is InChI=1S/C59H41N/c1-4-13-40(14-5-1)41-25-31-48(32-26-41)60(49-33-27-42(28-34-49)51-36-29-45-24-23-43-15-12-16-44-30-37-54(51)58(45)57(43)44)50-35-38-53-52-21-10-11-22-55(52)59(56(53)39-50,46-17-6-2-7-18-46)47-19-8-3-9-20-47/h1-29,31-39,51H,30H2. The number of hydrogen-bond acceptors (Lipinski definition) is 1. The smallest absolute Gasteiger partial charge is 0.0714 e. The van der Waals surface area contributed by atoms with E-state index in [1.165, 1.54) is 83.1 Å². The van der Waals surface area contributed by atoms with Gasteiger partial charge < -0.3 is 4.90 Å². The van der Waals surface area contributed by atoms with E-state index in [-0.39, 0.29) is 5.92 Å². The van der Waals surface area contributed by atoms with Gasteiger partial charge in [-0.3, -0.25) is 0 Å². The monoisotopic (exact) mass is 763 g/mol. The number of hydrogen-bond donors (Lipinski definition) is 0. The van der Waals surface area contributed by atoms with Gasteiger partial charge in [-0.1, -0.05) is 194 Å². The van der Waals surface area contributed by atoms with E-state index >= 15 is 0 Å². The molecule has 0 saturated carbocycles. The molecule has 12 rings (SSSR count). The molecule has 0 aliphatic heterocycles. The van der Waals surface area contributed by atoms with Crippen LogP contribution >= 0.6 is 0 Å². The Morgan fingerprint density at radius 1 is 0.467 bits per heavy atom. The first-order chi connectivity index (χ1) is 29.8. The predicted molar refractivity (Wildman–Crippen MR) is 251 cm³/mol. The zero-order chi connectivity index (χ0) is 39.6. The molecule has 9 aromatic carbocycles. The summed E-state index contributed by atoms with van der Waals surface area (Å²) >= 11 is 0. The van der Waals surface area contributed by atoms with Crippen molar-refractivity contribution >= 4 is 39.5 Å². The van der Waals surface area contributed by atoms with Crippen LogP contribution in [0.5, 0.6) is 0 Å². The molecule has 1 atom stereocenters. The third-order valence-electron chi connectivity index (χ3n) is 13.2. The summed E-state index contributed by atoms with van der Waals surface area (Å²) in [5, 5.41) is 2.75. The maximum absolute atomic E-state index is 2.47. The molecule has 0 N–H and O–H groups in total. The second-order valence-corrected chi connectivity index (χ2v) is 16.3. The zero-order valence-electron chi connectivity index (χ0n) is 33.2. The molecule has 0 spiro atoms. The molecular weight excluding hydrogens is 723 g/mol. The van der Waals surface area contributed by atoms with Crippen LogP contribution < -0.4 is 4.90 Å². The van der Waals surface area contributed by atoms with Gasteiger partial charge in [0, 0.05) is 23.0 Å². The Labute approximate surface area is 351 Å². The molecule has 0 radical (unpaired) electrons. The van der Waals surface area contributed by atoms with Crippen LogP contribution in [0.2, 0.25) is 0 Å². The van der Waals surface area contributed by atoms with Gasteiger partial charge in [0.05, 0.1) is 5.41 Å². The lowest BCUT2D eigenvalue weighted by Crippen LogP contribution is -2.28. The molecule has 0 aromatic heterocycles. The van der Waals surface area contributed by atoms with E-state index in [9.17, 15) is 0 Å². The lowest BCUT2D eigenvalue weighted by atomic mass is 9.67. The van der Waals surface area contributed by atoms with Gasteiger partial charge in [0.1, 0.15) is 0 Å². The van der Waals surface area contributed by atoms with Gasteiger partial charge in [-0.05, 0) is 126 Å². The van der Waals surface area contributed by atoms with E-state index in [2.05, 4.69) is 235 Å². The minimum Gasteiger partial charge on any atom is -0.310 e. The summed E-state index contributed by atoms with van der Waals surface area (Å²) in [5.41, 5.74) is 19.9. The van der Waals surface area contributed by atoms with Crippen molar-refractivity contribution in [2.45, 2.75) is 17.8 Å². The molecule has 0 fully saturated rings. The number of anilines is 3. The summed E-state index contributed by atoms with van der Waals surface area (Å²) in [7, 11) is 0. The van der Waals surface area contributed by atoms with Gasteiger partial charge in [0.25, 0.3) is 0 Å². The molecule has 0 bridgehead atoms. The van der Waals surface area contributed by atoms with Crippen molar-refractivity contribution in [3.63, 3.8) is 0 Å². The number of rotatable bonds is 7. The van der Waals surface area contributed by atoms with E-state index in [1.807, 2.05) is 0 Å². The van der Waals surface area contributed by atoms with Gasteiger partial charge >= 0.3 is 0 Å². The molecule has 3 aliphatic carbocycles. The summed E-state index contributed by atoms with van der Waals surface area (Å²) in [6, 6.07) is 78.7. The highest BCUT2D eigenvalue weighted by atomic mass is 15.1. The molecule has 1 nitrogen and oxygen atoms in total. The molecule has 1 unspecified atom stereocenters. The Hall–Kier alpha value is -7.48. The number of allylic oxidation sites excluding steroid dienone is 3. The van der Waals surface area contributed by atoms with E-state index in [0.29, 0.717) is 0 Å². The van der Waals surface area contributed by atoms with E-state index in [1.54, 1.807) is 0 Å². The number of nitrogens with zero attached hydrogens (tertiary/aromatic N) is 1. The molecular formula is C59H41N. The number of benzene rings is 9. The Morgan fingerprint density at radius 2 is 1.08 bits per heavy atom. The average Bonchev–Trinajstić information content (AvgIpc) is 3.62. The average molecular weight is 764 g/mol. The van der Waals surface area contributed by atoms with Crippen LogP contribution in [0.1, 0.15) is 50.4 Å². The van der Waals surface area contributed by atoms with E-state index in [0.717, 1.165) is 23.5 Å². The van der Waals surface area contributed by atoms with Gasteiger partial charge in [-0.2, -0.15) is 0 Å². The van der Waals surface area contributed by atoms with Crippen molar-refractivity contribution in [3.8, 4) is 22.3 Å². The molecule has 282 valence electrons. The second kappa shape index (κ2) is 13.8. The van der Waals surface area contributed by atoms with Crippen molar-refractivity contribution in [1.82, 2.24) is 0 Å². The highest BCUT2D eigenvalue weighted by molar-refractivity contribution is 6.04. The maximum Gasteiger partial charge on any atom is 0.0714 e. The third-order valence-corrected chi connectivity index (χ3v) is 13.2. The molecule has 0 saturated heterocycles. The molecule has 1 heteroatoms. The van der Waals surface area contributed by atoms with Gasteiger partial charge in [0.2, 0.25) is 0 Å². The van der Waals surface area contributed by atoms with Crippen LogP contribution in [0.15, 0.2) is 224 Å². The number of fused-ring (bicyclic) bond motifs is 3. The van der Waals surface area contributed by atoms with Crippen LogP contribution in [-0.4, -0.2) is 0 Å². The molecule has 3 aliphatic rings. The van der Waals surface area contributed by atoms with E-state index < -0.39 is 5.41 Å². The van der Waals surface area contributed by atoms with E-state index in [4.69, 9.17) is 0 Å². The SMILES string of the molecule is C1=CC(c2ccc(N(c3ccc(-c4ccccc4)cc3)c3ccc4c(c3)C(c3ccccc3)(c3ccccc3)c3ccccc3-4)cc2)C2=CCc3cccc4ccc1c2c34. The second-order valence-electron chi connectivity index (χ2n) is 16.3. The minimum atomic E-state index is -0.488. The lowest BCUT2D eigenvalue weighted by Gasteiger charge is -2.35. The molecule has 0 heterocycles. The Morgan fingerprint density at radius 3 is 1.82 bits per heavy atom. The first-order valence-electron chi connectivity index (χ1n) is 21.1. The van der Waals surface area contributed by atoms with Gasteiger partial charge in [-0.15, -0.1) is 0 Å². The fraction of sp³-hybridized carbons (Fsp3) is 0.0508. The predicted octanol–water partition coefficient (Wildman–Crippen LogP) is 15.1.